The minimum atomic E-state index is 0.0349. The van der Waals surface area contributed by atoms with Gasteiger partial charge in [0.1, 0.15) is 11.5 Å². The molecule has 1 atom stereocenters. The standard InChI is InChI=1S/C16H25N3O2/c1-5-9-19-16(14(20-4)11-18-19)15(17-7-3)12-8-10-21-13(12)6-2/h8,10-11,15,17H,5-7,9H2,1-4H3. The first-order valence-corrected chi connectivity index (χ1v) is 7.66. The molecule has 0 aliphatic heterocycles. The molecule has 0 fully saturated rings. The number of aryl methyl sites for hydroxylation is 2. The molecule has 0 aromatic carbocycles. The van der Waals surface area contributed by atoms with Gasteiger partial charge in [-0.25, -0.2) is 0 Å². The van der Waals surface area contributed by atoms with Crippen molar-refractivity contribution in [2.45, 2.75) is 46.2 Å². The normalized spacial score (nSPS) is 12.6. The van der Waals surface area contributed by atoms with Crippen molar-refractivity contribution in [3.05, 3.63) is 35.5 Å². The van der Waals surface area contributed by atoms with Gasteiger partial charge in [0.2, 0.25) is 0 Å². The molecule has 0 aliphatic carbocycles. The van der Waals surface area contributed by atoms with Gasteiger partial charge in [-0.15, -0.1) is 0 Å². The van der Waals surface area contributed by atoms with Gasteiger partial charge in [-0.3, -0.25) is 4.68 Å². The van der Waals surface area contributed by atoms with Gasteiger partial charge in [0.25, 0.3) is 0 Å². The monoisotopic (exact) mass is 291 g/mol. The van der Waals surface area contributed by atoms with E-state index in [0.29, 0.717) is 0 Å². The highest BCUT2D eigenvalue weighted by atomic mass is 16.5. The van der Waals surface area contributed by atoms with Gasteiger partial charge in [0.05, 0.1) is 25.6 Å². The molecule has 0 bridgehead atoms. The molecule has 0 amide bonds. The number of hydrogen-bond acceptors (Lipinski definition) is 4. The highest BCUT2D eigenvalue weighted by molar-refractivity contribution is 5.37. The molecule has 1 N–H and O–H groups in total. The maximum absolute atomic E-state index is 5.60. The van der Waals surface area contributed by atoms with E-state index >= 15 is 0 Å². The second kappa shape index (κ2) is 7.31. The van der Waals surface area contributed by atoms with Crippen molar-refractivity contribution in [3.8, 4) is 5.75 Å². The number of rotatable bonds is 8. The SMILES string of the molecule is CCCn1ncc(OC)c1C(NCC)c1ccoc1CC. The lowest BCUT2D eigenvalue weighted by Crippen LogP contribution is -2.26. The zero-order valence-corrected chi connectivity index (χ0v) is 13.3. The summed E-state index contributed by atoms with van der Waals surface area (Å²) in [7, 11) is 1.69. The molecular weight excluding hydrogens is 266 g/mol. The Morgan fingerprint density at radius 2 is 2.19 bits per heavy atom. The van der Waals surface area contributed by atoms with Gasteiger partial charge in [0.15, 0.2) is 5.75 Å². The maximum atomic E-state index is 5.60. The van der Waals surface area contributed by atoms with Crippen molar-refractivity contribution in [1.29, 1.82) is 0 Å². The molecule has 0 saturated heterocycles. The molecule has 2 heterocycles. The summed E-state index contributed by atoms with van der Waals surface area (Å²) < 4.78 is 13.1. The van der Waals surface area contributed by atoms with Crippen LogP contribution in [0.15, 0.2) is 22.9 Å². The van der Waals surface area contributed by atoms with Crippen LogP contribution in [0.3, 0.4) is 0 Å². The molecule has 2 aromatic heterocycles. The Labute approximate surface area is 126 Å². The number of nitrogens with zero attached hydrogens (tertiary/aromatic N) is 2. The van der Waals surface area contributed by atoms with Crippen LogP contribution in [-0.4, -0.2) is 23.4 Å². The van der Waals surface area contributed by atoms with E-state index in [2.05, 4.69) is 31.2 Å². The van der Waals surface area contributed by atoms with Crippen LogP contribution in [0.2, 0.25) is 0 Å². The molecule has 2 aromatic rings. The van der Waals surface area contributed by atoms with E-state index in [-0.39, 0.29) is 6.04 Å². The molecule has 2 rings (SSSR count). The Bertz CT molecular complexity index is 560. The van der Waals surface area contributed by atoms with Crippen LogP contribution in [0, 0.1) is 0 Å². The van der Waals surface area contributed by atoms with E-state index in [0.717, 1.165) is 48.7 Å². The lowest BCUT2D eigenvalue weighted by atomic mass is 10.0. The lowest BCUT2D eigenvalue weighted by Gasteiger charge is -2.20. The second-order valence-corrected chi connectivity index (χ2v) is 4.96. The van der Waals surface area contributed by atoms with E-state index in [1.54, 1.807) is 19.6 Å². The zero-order chi connectivity index (χ0) is 15.2. The van der Waals surface area contributed by atoms with Crippen LogP contribution in [0.25, 0.3) is 0 Å². The van der Waals surface area contributed by atoms with Crippen LogP contribution >= 0.6 is 0 Å². The summed E-state index contributed by atoms with van der Waals surface area (Å²) in [5.74, 6) is 1.82. The molecule has 21 heavy (non-hydrogen) atoms. The summed E-state index contributed by atoms with van der Waals surface area (Å²) in [6, 6.07) is 2.07. The maximum Gasteiger partial charge on any atom is 0.161 e. The Morgan fingerprint density at radius 3 is 2.81 bits per heavy atom. The number of hydrogen-bond donors (Lipinski definition) is 1. The number of ether oxygens (including phenoxy) is 1. The molecule has 5 heteroatoms. The van der Waals surface area contributed by atoms with Gasteiger partial charge in [0, 0.05) is 18.5 Å². The van der Waals surface area contributed by atoms with Gasteiger partial charge >= 0.3 is 0 Å². The average Bonchev–Trinajstić information content (AvgIpc) is 3.11. The molecule has 0 spiro atoms. The van der Waals surface area contributed by atoms with E-state index in [4.69, 9.17) is 9.15 Å². The minimum Gasteiger partial charge on any atom is -0.493 e. The number of furan rings is 1. The highest BCUT2D eigenvalue weighted by Gasteiger charge is 2.25. The third-order valence-corrected chi connectivity index (χ3v) is 3.59. The van der Waals surface area contributed by atoms with Crippen LogP contribution in [0.1, 0.15) is 50.3 Å². The molecule has 1 unspecified atom stereocenters. The van der Waals surface area contributed by atoms with Crippen molar-refractivity contribution in [2.75, 3.05) is 13.7 Å². The van der Waals surface area contributed by atoms with Crippen LogP contribution in [0.5, 0.6) is 5.75 Å². The third kappa shape index (κ3) is 3.13. The molecular formula is C16H25N3O2. The first kappa shape index (κ1) is 15.6. The average molecular weight is 291 g/mol. The summed E-state index contributed by atoms with van der Waals surface area (Å²) in [5, 5.41) is 8.00. The Morgan fingerprint density at radius 1 is 1.38 bits per heavy atom. The van der Waals surface area contributed by atoms with Gasteiger partial charge < -0.3 is 14.5 Å². The van der Waals surface area contributed by atoms with Gasteiger partial charge in [-0.05, 0) is 19.0 Å². The summed E-state index contributed by atoms with van der Waals surface area (Å²) in [6.07, 6.45) is 5.45. The van der Waals surface area contributed by atoms with E-state index in [1.807, 2.05) is 10.7 Å². The number of nitrogens with one attached hydrogen (secondary N) is 1. The number of methoxy groups -OCH3 is 1. The van der Waals surface area contributed by atoms with Crippen LogP contribution in [-0.2, 0) is 13.0 Å². The van der Waals surface area contributed by atoms with E-state index in [1.165, 1.54) is 0 Å². The van der Waals surface area contributed by atoms with Gasteiger partial charge in [-0.1, -0.05) is 20.8 Å². The fourth-order valence-electron chi connectivity index (χ4n) is 2.67. The first-order chi connectivity index (χ1) is 10.3. The minimum absolute atomic E-state index is 0.0349. The molecule has 116 valence electrons. The molecule has 0 radical (unpaired) electrons. The molecule has 0 saturated carbocycles. The van der Waals surface area contributed by atoms with Crippen LogP contribution in [0.4, 0.5) is 0 Å². The van der Waals surface area contributed by atoms with E-state index in [9.17, 15) is 0 Å². The lowest BCUT2D eigenvalue weighted by molar-refractivity contribution is 0.397. The zero-order valence-electron chi connectivity index (χ0n) is 13.3. The topological polar surface area (TPSA) is 52.2 Å². The van der Waals surface area contributed by atoms with Crippen molar-refractivity contribution < 1.29 is 9.15 Å². The smallest absolute Gasteiger partial charge is 0.161 e. The second-order valence-electron chi connectivity index (χ2n) is 4.96. The van der Waals surface area contributed by atoms with E-state index < -0.39 is 0 Å². The molecule has 0 aliphatic rings. The quantitative estimate of drug-likeness (QED) is 0.811. The molecule has 5 nitrogen and oxygen atoms in total. The van der Waals surface area contributed by atoms with Crippen molar-refractivity contribution in [3.63, 3.8) is 0 Å². The fourth-order valence-corrected chi connectivity index (χ4v) is 2.67. The Balaban J connectivity index is 2.49. The number of aromatic nitrogens is 2. The predicted octanol–water partition coefficient (Wildman–Crippen LogP) is 3.16. The highest BCUT2D eigenvalue weighted by Crippen LogP contribution is 2.32. The predicted molar refractivity (Wildman–Crippen MR) is 82.7 cm³/mol. The summed E-state index contributed by atoms with van der Waals surface area (Å²) >= 11 is 0. The van der Waals surface area contributed by atoms with Gasteiger partial charge in [-0.2, -0.15) is 5.10 Å². The Hall–Kier alpha value is -1.75. The fraction of sp³-hybridized carbons (Fsp3) is 0.562. The van der Waals surface area contributed by atoms with Crippen LogP contribution < -0.4 is 10.1 Å². The Kier molecular flexibility index (Phi) is 5.44. The van der Waals surface area contributed by atoms with Crippen molar-refractivity contribution in [1.82, 2.24) is 15.1 Å². The van der Waals surface area contributed by atoms with Crippen molar-refractivity contribution in [2.24, 2.45) is 0 Å². The largest absolute Gasteiger partial charge is 0.493 e. The summed E-state index contributed by atoms with van der Waals surface area (Å²) in [6.45, 7) is 8.09. The summed E-state index contributed by atoms with van der Waals surface area (Å²) in [4.78, 5) is 0. The summed E-state index contributed by atoms with van der Waals surface area (Å²) in [5.41, 5.74) is 2.23. The van der Waals surface area contributed by atoms with Crippen molar-refractivity contribution >= 4 is 0 Å². The third-order valence-electron chi connectivity index (χ3n) is 3.59. The first-order valence-electron chi connectivity index (χ1n) is 7.66.